The summed E-state index contributed by atoms with van der Waals surface area (Å²) in [4.78, 5) is 0. The van der Waals surface area contributed by atoms with Gasteiger partial charge in [-0.1, -0.05) is 30.3 Å². The van der Waals surface area contributed by atoms with Crippen LogP contribution in [0.3, 0.4) is 0 Å². The van der Waals surface area contributed by atoms with Gasteiger partial charge in [0.1, 0.15) is 17.3 Å². The minimum Gasteiger partial charge on any atom is -0.497 e. The average molecular weight is 353 g/mol. The number of rotatable bonds is 1. The van der Waals surface area contributed by atoms with Gasteiger partial charge >= 0.3 is 0 Å². The van der Waals surface area contributed by atoms with Crippen molar-refractivity contribution in [1.29, 1.82) is 5.26 Å². The van der Waals surface area contributed by atoms with Gasteiger partial charge in [0, 0.05) is 23.1 Å². The molecule has 0 spiro atoms. The Morgan fingerprint density at radius 1 is 0.963 bits per heavy atom. The maximum atomic E-state index is 9.26. The third-order valence-corrected chi connectivity index (χ3v) is 5.70. The Balaban J connectivity index is 1.81. The van der Waals surface area contributed by atoms with Gasteiger partial charge in [-0.15, -0.1) is 0 Å². The first kappa shape index (κ1) is 16.0. The molecule has 3 aliphatic rings. The van der Waals surface area contributed by atoms with E-state index in [0.717, 1.165) is 42.8 Å². The normalized spacial score (nSPS) is 18.7. The van der Waals surface area contributed by atoms with E-state index in [4.69, 9.17) is 9.47 Å². The smallest absolute Gasteiger partial charge is 0.141 e. The summed E-state index contributed by atoms with van der Waals surface area (Å²) in [6.45, 7) is 0. The Morgan fingerprint density at radius 2 is 1.78 bits per heavy atom. The second-order valence-corrected chi connectivity index (χ2v) is 7.07. The van der Waals surface area contributed by atoms with Crippen molar-refractivity contribution in [1.82, 2.24) is 0 Å². The number of nitrogens with zero attached hydrogens (tertiary/aromatic N) is 1. The molecule has 2 aromatic carbocycles. The molecule has 0 unspecified atom stereocenters. The summed E-state index contributed by atoms with van der Waals surface area (Å²) in [5.41, 5.74) is 8.67. The van der Waals surface area contributed by atoms with E-state index in [-0.39, 0.29) is 0 Å². The standard InChI is InChI=1S/C24H19NO2/c1-26-17-9-6-16-8-11-22-24(20(16)14-17)23-18-5-3-2-4-15(18)7-10-19(23)21(27-22)12-13-25/h2-6,9,12,14H,7-8,10-11H2,1H3/b21-12-. The Hall–Kier alpha value is -3.25. The number of ether oxygens (including phenoxy) is 2. The van der Waals surface area contributed by atoms with Crippen molar-refractivity contribution in [2.75, 3.05) is 7.11 Å². The van der Waals surface area contributed by atoms with E-state index >= 15 is 0 Å². The lowest BCUT2D eigenvalue weighted by Crippen LogP contribution is -2.19. The van der Waals surface area contributed by atoms with Gasteiger partial charge in [0.15, 0.2) is 0 Å². The molecule has 0 bridgehead atoms. The van der Waals surface area contributed by atoms with Gasteiger partial charge in [-0.25, -0.2) is 0 Å². The van der Waals surface area contributed by atoms with E-state index in [1.807, 2.05) is 6.07 Å². The molecule has 5 rings (SSSR count). The molecule has 3 heteroatoms. The number of allylic oxidation sites excluding steroid dienone is 5. The predicted octanol–water partition coefficient (Wildman–Crippen LogP) is 5.19. The summed E-state index contributed by atoms with van der Waals surface area (Å²) in [5, 5.41) is 9.26. The number of aryl methyl sites for hydroxylation is 2. The summed E-state index contributed by atoms with van der Waals surface area (Å²) in [6.07, 6.45) is 5.18. The van der Waals surface area contributed by atoms with Gasteiger partial charge in [0.05, 0.1) is 19.3 Å². The number of hydrogen-bond acceptors (Lipinski definition) is 3. The number of nitriles is 1. The molecule has 1 heterocycles. The molecule has 0 N–H and O–H groups in total. The predicted molar refractivity (Wildman–Crippen MR) is 105 cm³/mol. The largest absolute Gasteiger partial charge is 0.497 e. The second-order valence-electron chi connectivity index (χ2n) is 7.07. The lowest BCUT2D eigenvalue weighted by molar-refractivity contribution is 0.294. The summed E-state index contributed by atoms with van der Waals surface area (Å²) in [6, 6.07) is 17.1. The molecular formula is C24H19NO2. The number of methoxy groups -OCH3 is 1. The van der Waals surface area contributed by atoms with Crippen LogP contribution in [0.2, 0.25) is 0 Å². The van der Waals surface area contributed by atoms with Crippen LogP contribution < -0.4 is 4.74 Å². The molecule has 132 valence electrons. The first-order valence-corrected chi connectivity index (χ1v) is 9.30. The molecule has 0 saturated carbocycles. The third kappa shape index (κ3) is 2.41. The molecule has 0 fully saturated rings. The minimum atomic E-state index is 0.715. The van der Waals surface area contributed by atoms with Crippen molar-refractivity contribution >= 4 is 11.1 Å². The number of fused-ring (bicyclic) bond motifs is 5. The molecular weight excluding hydrogens is 334 g/mol. The zero-order valence-corrected chi connectivity index (χ0v) is 15.2. The van der Waals surface area contributed by atoms with Gasteiger partial charge < -0.3 is 9.47 Å². The highest BCUT2D eigenvalue weighted by atomic mass is 16.5. The van der Waals surface area contributed by atoms with Crippen molar-refractivity contribution in [3.05, 3.63) is 87.9 Å². The first-order valence-electron chi connectivity index (χ1n) is 9.30. The van der Waals surface area contributed by atoms with Crippen molar-refractivity contribution in [3.63, 3.8) is 0 Å². The van der Waals surface area contributed by atoms with Crippen molar-refractivity contribution in [2.24, 2.45) is 0 Å². The Kier molecular flexibility index (Phi) is 3.65. The SMILES string of the molecule is COc1ccc2c(c1)C1=C(CC2)O/C(=C\C#N)C2=C1c1ccccc1CC2. The minimum absolute atomic E-state index is 0.715. The van der Waals surface area contributed by atoms with Gasteiger partial charge in [-0.05, 0) is 53.6 Å². The zero-order valence-electron chi connectivity index (χ0n) is 15.2. The molecule has 1 aliphatic heterocycles. The van der Waals surface area contributed by atoms with Crippen LogP contribution >= 0.6 is 0 Å². The fraction of sp³-hybridized carbons (Fsp3) is 0.208. The third-order valence-electron chi connectivity index (χ3n) is 5.70. The fourth-order valence-electron chi connectivity index (χ4n) is 4.46. The van der Waals surface area contributed by atoms with Crippen LogP contribution in [0.5, 0.6) is 5.75 Å². The second kappa shape index (κ2) is 6.17. The van der Waals surface area contributed by atoms with Crippen molar-refractivity contribution in [3.8, 4) is 11.8 Å². The van der Waals surface area contributed by atoms with Gasteiger partial charge in [0.25, 0.3) is 0 Å². The van der Waals surface area contributed by atoms with Crippen LogP contribution in [0, 0.1) is 11.3 Å². The highest BCUT2D eigenvalue weighted by molar-refractivity contribution is 6.11. The van der Waals surface area contributed by atoms with Crippen LogP contribution in [0.4, 0.5) is 0 Å². The lowest BCUT2D eigenvalue weighted by Gasteiger charge is -2.35. The summed E-state index contributed by atoms with van der Waals surface area (Å²) in [5.74, 6) is 2.53. The Morgan fingerprint density at radius 3 is 2.63 bits per heavy atom. The Labute approximate surface area is 158 Å². The van der Waals surface area contributed by atoms with Crippen LogP contribution in [0.25, 0.3) is 11.1 Å². The van der Waals surface area contributed by atoms with Crippen LogP contribution in [0.15, 0.2) is 65.6 Å². The fourth-order valence-corrected chi connectivity index (χ4v) is 4.46. The van der Waals surface area contributed by atoms with Gasteiger partial charge in [-0.3, -0.25) is 0 Å². The molecule has 2 aromatic rings. The topological polar surface area (TPSA) is 42.2 Å². The number of hydrogen-bond donors (Lipinski definition) is 0. The van der Waals surface area contributed by atoms with E-state index in [9.17, 15) is 5.26 Å². The summed E-state index contributed by atoms with van der Waals surface area (Å²) in [7, 11) is 1.70. The average Bonchev–Trinajstić information content (AvgIpc) is 2.72. The van der Waals surface area contributed by atoms with E-state index in [2.05, 4.69) is 42.5 Å². The zero-order chi connectivity index (χ0) is 18.4. The molecule has 0 saturated heterocycles. The van der Waals surface area contributed by atoms with Crippen molar-refractivity contribution < 1.29 is 9.47 Å². The molecule has 27 heavy (non-hydrogen) atoms. The number of benzene rings is 2. The van der Waals surface area contributed by atoms with E-state index in [1.165, 1.54) is 33.4 Å². The van der Waals surface area contributed by atoms with Gasteiger partial charge in [0.2, 0.25) is 0 Å². The maximum Gasteiger partial charge on any atom is 0.141 e. The van der Waals surface area contributed by atoms with E-state index < -0.39 is 0 Å². The molecule has 0 atom stereocenters. The molecule has 0 radical (unpaired) electrons. The van der Waals surface area contributed by atoms with Crippen LogP contribution in [-0.4, -0.2) is 7.11 Å². The molecule has 0 amide bonds. The van der Waals surface area contributed by atoms with Gasteiger partial charge in [-0.2, -0.15) is 5.26 Å². The quantitative estimate of drug-likeness (QED) is 0.663. The molecule has 3 nitrogen and oxygen atoms in total. The van der Waals surface area contributed by atoms with Crippen molar-refractivity contribution in [2.45, 2.75) is 25.7 Å². The van der Waals surface area contributed by atoms with Crippen LogP contribution in [0.1, 0.15) is 35.1 Å². The highest BCUT2D eigenvalue weighted by Crippen LogP contribution is 2.51. The summed E-state index contributed by atoms with van der Waals surface area (Å²) >= 11 is 0. The van der Waals surface area contributed by atoms with Crippen LogP contribution in [-0.2, 0) is 17.6 Å². The lowest BCUT2D eigenvalue weighted by atomic mass is 9.74. The highest BCUT2D eigenvalue weighted by Gasteiger charge is 2.34. The van der Waals surface area contributed by atoms with E-state index in [0.29, 0.717) is 5.76 Å². The van der Waals surface area contributed by atoms with E-state index in [1.54, 1.807) is 13.2 Å². The summed E-state index contributed by atoms with van der Waals surface area (Å²) < 4.78 is 11.8. The first-order chi connectivity index (χ1) is 13.3. The Bertz CT molecular complexity index is 1100. The molecule has 0 aromatic heterocycles. The monoisotopic (exact) mass is 353 g/mol. The molecule has 2 aliphatic carbocycles. The maximum absolute atomic E-state index is 9.26.